The quantitative estimate of drug-likeness (QED) is 0.771. The molecule has 2 rings (SSSR count). The lowest BCUT2D eigenvalue weighted by molar-refractivity contribution is -0.177. The molecule has 1 aromatic carbocycles. The highest BCUT2D eigenvalue weighted by molar-refractivity contribution is 5.86. The van der Waals surface area contributed by atoms with Crippen molar-refractivity contribution in [1.29, 1.82) is 0 Å². The van der Waals surface area contributed by atoms with Crippen LogP contribution in [-0.4, -0.2) is 29.1 Å². The largest absolute Gasteiger partial charge is 0.363 e. The van der Waals surface area contributed by atoms with Crippen LogP contribution in [-0.2, 0) is 16.1 Å². The molecule has 0 radical (unpaired) electrons. The van der Waals surface area contributed by atoms with Crippen LogP contribution in [0.15, 0.2) is 43.0 Å². The summed E-state index contributed by atoms with van der Waals surface area (Å²) in [6, 6.07) is 10.3. The second-order valence-electron chi connectivity index (χ2n) is 5.52. The van der Waals surface area contributed by atoms with Crippen LogP contribution in [0.25, 0.3) is 0 Å². The van der Waals surface area contributed by atoms with Gasteiger partial charge in [-0.15, -0.1) is 6.58 Å². The first kappa shape index (κ1) is 14.8. The van der Waals surface area contributed by atoms with Crippen LogP contribution < -0.4 is 0 Å². The number of nitrogens with zero attached hydrogens (tertiary/aromatic N) is 1. The van der Waals surface area contributed by atoms with E-state index in [0.29, 0.717) is 19.6 Å². The maximum atomic E-state index is 12.8. The Kier molecular flexibility index (Phi) is 4.61. The summed E-state index contributed by atoms with van der Waals surface area (Å²) in [5, 5.41) is 0. The van der Waals surface area contributed by atoms with Gasteiger partial charge in [-0.2, -0.15) is 0 Å². The van der Waals surface area contributed by atoms with Crippen molar-refractivity contribution in [3.63, 3.8) is 0 Å². The Bertz CT molecular complexity index is 471. The van der Waals surface area contributed by atoms with E-state index in [9.17, 15) is 4.79 Å². The molecule has 1 aromatic rings. The molecule has 20 heavy (non-hydrogen) atoms. The molecular weight excluding hydrogens is 250 g/mol. The number of morpholine rings is 1. The van der Waals surface area contributed by atoms with Gasteiger partial charge in [-0.3, -0.25) is 4.79 Å². The Balaban J connectivity index is 2.21. The Labute approximate surface area is 121 Å². The van der Waals surface area contributed by atoms with E-state index < -0.39 is 5.60 Å². The van der Waals surface area contributed by atoms with E-state index in [1.54, 1.807) is 6.08 Å². The SMILES string of the molecule is C=CCC1(C)OCC(CC)N(Cc2ccccc2)C1=O. The summed E-state index contributed by atoms with van der Waals surface area (Å²) in [6.45, 7) is 8.93. The molecule has 1 amide bonds. The summed E-state index contributed by atoms with van der Waals surface area (Å²) in [4.78, 5) is 14.7. The van der Waals surface area contributed by atoms with Crippen LogP contribution in [0.2, 0.25) is 0 Å². The monoisotopic (exact) mass is 273 g/mol. The molecular formula is C17H23NO2. The number of carbonyl (C=O) groups excluding carboxylic acids is 1. The highest BCUT2D eigenvalue weighted by Crippen LogP contribution is 2.28. The molecule has 0 bridgehead atoms. The normalized spacial score (nSPS) is 26.6. The van der Waals surface area contributed by atoms with E-state index in [2.05, 4.69) is 25.6 Å². The summed E-state index contributed by atoms with van der Waals surface area (Å²) in [6.07, 6.45) is 3.21. The average molecular weight is 273 g/mol. The van der Waals surface area contributed by atoms with Gasteiger partial charge < -0.3 is 9.64 Å². The first-order valence-corrected chi connectivity index (χ1v) is 7.20. The molecule has 1 fully saturated rings. The van der Waals surface area contributed by atoms with Crippen LogP contribution >= 0.6 is 0 Å². The third kappa shape index (κ3) is 2.93. The summed E-state index contributed by atoms with van der Waals surface area (Å²) in [5.74, 6) is 0.0688. The summed E-state index contributed by atoms with van der Waals surface area (Å²) in [5.41, 5.74) is 0.393. The fourth-order valence-electron chi connectivity index (χ4n) is 2.64. The van der Waals surface area contributed by atoms with Gasteiger partial charge in [0.1, 0.15) is 5.60 Å². The number of benzene rings is 1. The highest BCUT2D eigenvalue weighted by atomic mass is 16.5. The molecule has 0 saturated carbocycles. The van der Waals surface area contributed by atoms with Crippen molar-refractivity contribution < 1.29 is 9.53 Å². The van der Waals surface area contributed by atoms with E-state index in [4.69, 9.17) is 4.74 Å². The van der Waals surface area contributed by atoms with E-state index in [1.807, 2.05) is 30.0 Å². The van der Waals surface area contributed by atoms with Crippen molar-refractivity contribution in [3.05, 3.63) is 48.6 Å². The predicted molar refractivity (Wildman–Crippen MR) is 80.2 cm³/mol. The first-order chi connectivity index (χ1) is 9.60. The lowest BCUT2D eigenvalue weighted by Crippen LogP contribution is -2.58. The lowest BCUT2D eigenvalue weighted by Gasteiger charge is -2.44. The van der Waals surface area contributed by atoms with Crippen molar-refractivity contribution in [1.82, 2.24) is 4.90 Å². The Morgan fingerprint density at radius 3 is 2.75 bits per heavy atom. The van der Waals surface area contributed by atoms with Crippen molar-refractivity contribution in [2.45, 2.75) is 44.9 Å². The topological polar surface area (TPSA) is 29.5 Å². The van der Waals surface area contributed by atoms with Gasteiger partial charge in [0, 0.05) is 13.0 Å². The molecule has 3 heteroatoms. The highest BCUT2D eigenvalue weighted by Gasteiger charge is 2.43. The van der Waals surface area contributed by atoms with E-state index >= 15 is 0 Å². The standard InChI is InChI=1S/C17H23NO2/c1-4-11-17(3)16(19)18(15(5-2)13-20-17)12-14-9-7-6-8-10-14/h4,6-10,15H,1,5,11-13H2,2-3H3. The maximum Gasteiger partial charge on any atom is 0.255 e. The number of hydrogen-bond acceptors (Lipinski definition) is 2. The van der Waals surface area contributed by atoms with Gasteiger partial charge >= 0.3 is 0 Å². The van der Waals surface area contributed by atoms with E-state index in [0.717, 1.165) is 12.0 Å². The van der Waals surface area contributed by atoms with Gasteiger partial charge in [-0.05, 0) is 18.9 Å². The average Bonchev–Trinajstić information content (AvgIpc) is 2.46. The number of hydrogen-bond donors (Lipinski definition) is 0. The van der Waals surface area contributed by atoms with Crippen molar-refractivity contribution in [2.24, 2.45) is 0 Å². The van der Waals surface area contributed by atoms with Crippen molar-refractivity contribution >= 4 is 5.91 Å². The maximum absolute atomic E-state index is 12.8. The molecule has 2 unspecified atom stereocenters. The molecule has 0 spiro atoms. The van der Waals surface area contributed by atoms with Gasteiger partial charge in [0.25, 0.3) is 5.91 Å². The van der Waals surface area contributed by atoms with Crippen molar-refractivity contribution in [3.8, 4) is 0 Å². The molecule has 3 nitrogen and oxygen atoms in total. The Morgan fingerprint density at radius 1 is 1.45 bits per heavy atom. The zero-order valence-electron chi connectivity index (χ0n) is 12.3. The molecule has 1 aliphatic heterocycles. The molecule has 1 aliphatic rings. The van der Waals surface area contributed by atoms with Gasteiger partial charge in [-0.25, -0.2) is 0 Å². The number of carbonyl (C=O) groups is 1. The van der Waals surface area contributed by atoms with Crippen LogP contribution in [0, 0.1) is 0 Å². The second kappa shape index (κ2) is 6.23. The molecule has 2 atom stereocenters. The second-order valence-corrected chi connectivity index (χ2v) is 5.52. The molecule has 1 saturated heterocycles. The molecule has 0 N–H and O–H groups in total. The smallest absolute Gasteiger partial charge is 0.255 e. The van der Waals surface area contributed by atoms with Crippen LogP contribution in [0.3, 0.4) is 0 Å². The Morgan fingerprint density at radius 2 is 2.15 bits per heavy atom. The minimum absolute atomic E-state index is 0.0688. The molecule has 0 aromatic heterocycles. The summed E-state index contributed by atoms with van der Waals surface area (Å²) < 4.78 is 5.83. The fourth-order valence-corrected chi connectivity index (χ4v) is 2.64. The fraction of sp³-hybridized carbons (Fsp3) is 0.471. The summed E-state index contributed by atoms with van der Waals surface area (Å²) in [7, 11) is 0. The van der Waals surface area contributed by atoms with Crippen LogP contribution in [0.5, 0.6) is 0 Å². The molecule has 0 aliphatic carbocycles. The van der Waals surface area contributed by atoms with E-state index in [1.165, 1.54) is 0 Å². The minimum atomic E-state index is -0.762. The first-order valence-electron chi connectivity index (χ1n) is 7.20. The van der Waals surface area contributed by atoms with Crippen LogP contribution in [0.1, 0.15) is 32.3 Å². The zero-order chi connectivity index (χ0) is 14.6. The molecule has 108 valence electrons. The van der Waals surface area contributed by atoms with Gasteiger partial charge in [0.2, 0.25) is 0 Å². The number of ether oxygens (including phenoxy) is 1. The van der Waals surface area contributed by atoms with Gasteiger partial charge in [0.05, 0.1) is 12.6 Å². The lowest BCUT2D eigenvalue weighted by atomic mass is 9.95. The predicted octanol–water partition coefficient (Wildman–Crippen LogP) is 3.16. The van der Waals surface area contributed by atoms with Crippen molar-refractivity contribution in [2.75, 3.05) is 6.61 Å². The number of amides is 1. The minimum Gasteiger partial charge on any atom is -0.363 e. The zero-order valence-corrected chi connectivity index (χ0v) is 12.3. The van der Waals surface area contributed by atoms with E-state index in [-0.39, 0.29) is 11.9 Å². The van der Waals surface area contributed by atoms with Gasteiger partial charge in [0.15, 0.2) is 0 Å². The molecule has 1 heterocycles. The third-order valence-corrected chi connectivity index (χ3v) is 3.95. The number of rotatable bonds is 5. The third-order valence-electron chi connectivity index (χ3n) is 3.95. The van der Waals surface area contributed by atoms with Gasteiger partial charge in [-0.1, -0.05) is 43.3 Å². The Hall–Kier alpha value is -1.61. The van der Waals surface area contributed by atoms with Crippen LogP contribution in [0.4, 0.5) is 0 Å². The summed E-state index contributed by atoms with van der Waals surface area (Å²) >= 11 is 0.